The van der Waals surface area contributed by atoms with E-state index in [1.165, 1.54) is 13.3 Å². The zero-order valence-corrected chi connectivity index (χ0v) is 11.1. The highest BCUT2D eigenvalue weighted by Crippen LogP contribution is 2.17. The number of carbonyl (C=O) groups is 3. The molecule has 1 saturated carbocycles. The van der Waals surface area contributed by atoms with Gasteiger partial charge in [-0.05, 0) is 30.7 Å². The van der Waals surface area contributed by atoms with Crippen molar-refractivity contribution in [3.8, 4) is 0 Å². The normalized spacial score (nSPS) is 14.9. The Labute approximate surface area is 116 Å². The smallest absolute Gasteiger partial charge is 0.337 e. The zero-order chi connectivity index (χ0) is 14.5. The Balaban J connectivity index is 2.08. The van der Waals surface area contributed by atoms with Gasteiger partial charge in [0.05, 0.1) is 18.2 Å². The number of hydrogen-bond donors (Lipinski definition) is 1. The van der Waals surface area contributed by atoms with Gasteiger partial charge < -0.3 is 10.1 Å². The third kappa shape index (κ3) is 3.12. The molecule has 5 nitrogen and oxygen atoms in total. The number of nitrogens with one attached hydrogen (secondary N) is 1. The number of ether oxygens (including phenoxy) is 1. The van der Waals surface area contributed by atoms with Crippen LogP contribution in [0.1, 0.15) is 29.6 Å². The topological polar surface area (TPSA) is 72.5 Å². The molecule has 104 valence electrons. The molecule has 0 heterocycles. The van der Waals surface area contributed by atoms with Crippen LogP contribution in [0.4, 0.5) is 5.69 Å². The summed E-state index contributed by atoms with van der Waals surface area (Å²) in [5.41, 5.74) is 1.35. The lowest BCUT2D eigenvalue weighted by Crippen LogP contribution is -2.19. The van der Waals surface area contributed by atoms with Gasteiger partial charge in [0.15, 0.2) is 11.6 Å². The van der Waals surface area contributed by atoms with Gasteiger partial charge >= 0.3 is 5.97 Å². The molecule has 1 aromatic carbocycles. The van der Waals surface area contributed by atoms with Gasteiger partial charge in [0.1, 0.15) is 0 Å². The van der Waals surface area contributed by atoms with Crippen LogP contribution in [0.15, 0.2) is 36.0 Å². The summed E-state index contributed by atoms with van der Waals surface area (Å²) in [7, 11) is 1.32. The molecule has 0 aliphatic heterocycles. The minimum Gasteiger partial charge on any atom is -0.465 e. The number of methoxy groups -OCH3 is 1. The molecular formula is C15H15NO4. The molecule has 0 aromatic heterocycles. The van der Waals surface area contributed by atoms with Crippen LogP contribution in [-0.2, 0) is 14.3 Å². The molecule has 0 amide bonds. The van der Waals surface area contributed by atoms with Gasteiger partial charge in [-0.25, -0.2) is 4.79 Å². The Kier molecular flexibility index (Phi) is 4.30. The molecule has 0 radical (unpaired) electrons. The summed E-state index contributed by atoms with van der Waals surface area (Å²) in [6.45, 7) is 0. The quantitative estimate of drug-likeness (QED) is 0.518. The van der Waals surface area contributed by atoms with Gasteiger partial charge in [0, 0.05) is 24.7 Å². The summed E-state index contributed by atoms with van der Waals surface area (Å²) in [4.78, 5) is 34.5. The third-order valence-corrected chi connectivity index (χ3v) is 3.10. The number of Topliss-reactive ketones (excluding diaryl/α,β-unsaturated/α-hetero) is 2. The van der Waals surface area contributed by atoms with Crippen LogP contribution in [0.2, 0.25) is 0 Å². The van der Waals surface area contributed by atoms with Crippen LogP contribution < -0.4 is 5.32 Å². The molecule has 1 aliphatic carbocycles. The van der Waals surface area contributed by atoms with E-state index in [9.17, 15) is 14.4 Å². The average molecular weight is 273 g/mol. The minimum atomic E-state index is -0.410. The van der Waals surface area contributed by atoms with E-state index < -0.39 is 5.97 Å². The highest BCUT2D eigenvalue weighted by molar-refractivity contribution is 6.21. The fourth-order valence-electron chi connectivity index (χ4n) is 1.97. The Morgan fingerprint density at radius 2 is 1.75 bits per heavy atom. The molecule has 5 heteroatoms. The van der Waals surface area contributed by atoms with Gasteiger partial charge in [-0.2, -0.15) is 0 Å². The maximum absolute atomic E-state index is 11.6. The van der Waals surface area contributed by atoms with Crippen molar-refractivity contribution in [1.29, 1.82) is 0 Å². The maximum Gasteiger partial charge on any atom is 0.337 e. The summed E-state index contributed by atoms with van der Waals surface area (Å²) in [5.74, 6) is -0.660. The SMILES string of the molecule is COC(=O)c1ccc(NC=C2C(=O)CCCC2=O)cc1. The van der Waals surface area contributed by atoms with Crippen LogP contribution in [0.25, 0.3) is 0 Å². The first kappa shape index (κ1) is 14.0. The number of anilines is 1. The first-order valence-corrected chi connectivity index (χ1v) is 6.33. The minimum absolute atomic E-state index is 0.125. The highest BCUT2D eigenvalue weighted by Gasteiger charge is 2.22. The van der Waals surface area contributed by atoms with Crippen molar-refractivity contribution in [2.45, 2.75) is 19.3 Å². The summed E-state index contributed by atoms with van der Waals surface area (Å²) in [6.07, 6.45) is 2.90. The van der Waals surface area contributed by atoms with Crippen molar-refractivity contribution in [1.82, 2.24) is 0 Å². The highest BCUT2D eigenvalue weighted by atomic mass is 16.5. The van der Waals surface area contributed by atoms with Crippen molar-refractivity contribution in [2.24, 2.45) is 0 Å². The second kappa shape index (κ2) is 6.14. The molecule has 0 spiro atoms. The van der Waals surface area contributed by atoms with E-state index in [0.29, 0.717) is 30.5 Å². The van der Waals surface area contributed by atoms with Crippen LogP contribution in [0, 0.1) is 0 Å². The molecule has 1 N–H and O–H groups in total. The maximum atomic E-state index is 11.6. The Morgan fingerprint density at radius 1 is 1.15 bits per heavy atom. The predicted octanol–water partition coefficient (Wildman–Crippen LogP) is 2.09. The second-order valence-corrected chi connectivity index (χ2v) is 4.47. The number of hydrogen-bond acceptors (Lipinski definition) is 5. The van der Waals surface area contributed by atoms with Crippen molar-refractivity contribution in [3.63, 3.8) is 0 Å². The van der Waals surface area contributed by atoms with Gasteiger partial charge in [-0.15, -0.1) is 0 Å². The largest absolute Gasteiger partial charge is 0.465 e. The van der Waals surface area contributed by atoms with Crippen molar-refractivity contribution in [2.75, 3.05) is 12.4 Å². The summed E-state index contributed by atoms with van der Waals surface area (Å²) in [5, 5.41) is 2.90. The van der Waals surface area contributed by atoms with Gasteiger partial charge in [-0.1, -0.05) is 0 Å². The van der Waals surface area contributed by atoms with Crippen molar-refractivity contribution in [3.05, 3.63) is 41.6 Å². The fourth-order valence-corrected chi connectivity index (χ4v) is 1.97. The van der Waals surface area contributed by atoms with Crippen molar-refractivity contribution >= 4 is 23.2 Å². The molecular weight excluding hydrogens is 258 g/mol. The first-order chi connectivity index (χ1) is 9.61. The number of esters is 1. The summed E-state index contributed by atoms with van der Waals surface area (Å²) >= 11 is 0. The lowest BCUT2D eigenvalue weighted by molar-refractivity contribution is -0.123. The molecule has 0 saturated heterocycles. The second-order valence-electron chi connectivity index (χ2n) is 4.47. The van der Waals surface area contributed by atoms with Crippen LogP contribution in [-0.4, -0.2) is 24.6 Å². The number of allylic oxidation sites excluding steroid dienone is 1. The third-order valence-electron chi connectivity index (χ3n) is 3.10. The van der Waals surface area contributed by atoms with Gasteiger partial charge in [0.25, 0.3) is 0 Å². The fraction of sp³-hybridized carbons (Fsp3) is 0.267. The van der Waals surface area contributed by atoms with E-state index in [4.69, 9.17) is 0 Å². The van der Waals surface area contributed by atoms with E-state index in [2.05, 4.69) is 10.1 Å². The summed E-state index contributed by atoms with van der Waals surface area (Å²) in [6, 6.07) is 6.58. The van der Waals surface area contributed by atoms with E-state index in [0.717, 1.165) is 0 Å². The monoisotopic (exact) mass is 273 g/mol. The molecule has 0 bridgehead atoms. The molecule has 1 aromatic rings. The lowest BCUT2D eigenvalue weighted by Gasteiger charge is -2.12. The zero-order valence-electron chi connectivity index (χ0n) is 11.1. The Morgan fingerprint density at radius 3 is 2.30 bits per heavy atom. The Hall–Kier alpha value is -2.43. The van der Waals surface area contributed by atoms with E-state index in [1.54, 1.807) is 24.3 Å². The number of rotatable bonds is 3. The molecule has 1 fully saturated rings. The van der Waals surface area contributed by atoms with Gasteiger partial charge in [0.2, 0.25) is 0 Å². The Bertz CT molecular complexity index is 554. The standard InChI is InChI=1S/C15H15NO4/c1-20-15(19)10-5-7-11(8-6-10)16-9-12-13(17)3-2-4-14(12)18/h5-9,16H,2-4H2,1H3. The average Bonchev–Trinajstić information content (AvgIpc) is 2.46. The van der Waals surface area contributed by atoms with Crippen LogP contribution in [0.5, 0.6) is 0 Å². The molecule has 1 aliphatic rings. The molecule has 2 rings (SSSR count). The molecule has 0 atom stereocenters. The lowest BCUT2D eigenvalue weighted by atomic mass is 9.93. The first-order valence-electron chi connectivity index (χ1n) is 6.33. The van der Waals surface area contributed by atoms with E-state index >= 15 is 0 Å². The van der Waals surface area contributed by atoms with Crippen LogP contribution >= 0.6 is 0 Å². The van der Waals surface area contributed by atoms with Crippen LogP contribution in [0.3, 0.4) is 0 Å². The van der Waals surface area contributed by atoms with Crippen molar-refractivity contribution < 1.29 is 19.1 Å². The predicted molar refractivity (Wildman–Crippen MR) is 73.4 cm³/mol. The number of ketones is 2. The van der Waals surface area contributed by atoms with Gasteiger partial charge in [-0.3, -0.25) is 9.59 Å². The number of benzene rings is 1. The van der Waals surface area contributed by atoms with E-state index in [-0.39, 0.29) is 17.1 Å². The molecule has 20 heavy (non-hydrogen) atoms. The molecule has 0 unspecified atom stereocenters. The van der Waals surface area contributed by atoms with E-state index in [1.807, 2.05) is 0 Å². The summed E-state index contributed by atoms with van der Waals surface area (Å²) < 4.78 is 4.60. The number of carbonyl (C=O) groups excluding carboxylic acids is 3.